The third-order valence-corrected chi connectivity index (χ3v) is 6.69. The van der Waals surface area contributed by atoms with Crippen LogP contribution in [0.1, 0.15) is 54.2 Å². The fraction of sp³-hybridized carbons (Fsp3) is 0.357. The van der Waals surface area contributed by atoms with Crippen LogP contribution in [0.5, 0.6) is 11.5 Å². The van der Waals surface area contributed by atoms with Gasteiger partial charge in [0.15, 0.2) is 0 Å². The summed E-state index contributed by atoms with van der Waals surface area (Å²) in [6.45, 7) is 3.43. The topological polar surface area (TPSA) is 97.8 Å². The van der Waals surface area contributed by atoms with Gasteiger partial charge >= 0.3 is 0 Å². The molecule has 1 unspecified atom stereocenters. The van der Waals surface area contributed by atoms with Gasteiger partial charge in [0.1, 0.15) is 17.5 Å². The van der Waals surface area contributed by atoms with Gasteiger partial charge < -0.3 is 14.4 Å². The van der Waals surface area contributed by atoms with Crippen LogP contribution < -0.4 is 14.8 Å². The van der Waals surface area contributed by atoms with Crippen molar-refractivity contribution in [1.29, 1.82) is 0 Å². The fourth-order valence-corrected chi connectivity index (χ4v) is 4.76. The fourth-order valence-electron chi connectivity index (χ4n) is 4.76. The number of aromatic nitrogens is 1. The summed E-state index contributed by atoms with van der Waals surface area (Å²) in [5.41, 5.74) is 3.29. The first-order valence-corrected chi connectivity index (χ1v) is 12.5. The molecule has 1 aromatic heterocycles. The first-order valence-electron chi connectivity index (χ1n) is 12.5. The van der Waals surface area contributed by atoms with Gasteiger partial charge in [0.25, 0.3) is 5.91 Å². The van der Waals surface area contributed by atoms with Crippen LogP contribution in [0, 0.1) is 0 Å². The van der Waals surface area contributed by atoms with Crippen LogP contribution in [0.3, 0.4) is 0 Å². The minimum atomic E-state index is -0.634. The molecule has 1 saturated heterocycles. The molecule has 1 atom stereocenters. The van der Waals surface area contributed by atoms with E-state index in [0.29, 0.717) is 37.5 Å². The molecule has 8 heteroatoms. The zero-order chi connectivity index (χ0) is 25.1. The largest absolute Gasteiger partial charge is 0.493 e. The van der Waals surface area contributed by atoms with Crippen molar-refractivity contribution in [3.63, 3.8) is 0 Å². The number of pyridine rings is 1. The second kappa shape index (κ2) is 10.4. The number of benzene rings is 2. The molecule has 0 aliphatic carbocycles. The number of hydrogen-bond donors (Lipinski definition) is 1. The third kappa shape index (κ3) is 4.76. The van der Waals surface area contributed by atoms with Crippen LogP contribution >= 0.6 is 0 Å². The maximum absolute atomic E-state index is 12.9. The molecule has 3 aromatic rings. The molecule has 1 N–H and O–H groups in total. The van der Waals surface area contributed by atoms with E-state index in [1.807, 2.05) is 36.4 Å². The summed E-state index contributed by atoms with van der Waals surface area (Å²) in [7, 11) is 0. The quantitative estimate of drug-likeness (QED) is 0.364. The van der Waals surface area contributed by atoms with Gasteiger partial charge in [-0.2, -0.15) is 0 Å². The highest BCUT2D eigenvalue weighted by Crippen LogP contribution is 2.33. The van der Waals surface area contributed by atoms with E-state index in [9.17, 15) is 14.4 Å². The van der Waals surface area contributed by atoms with Crippen molar-refractivity contribution in [2.24, 2.45) is 0 Å². The Hall–Kier alpha value is -3.94. The third-order valence-electron chi connectivity index (χ3n) is 6.69. The lowest BCUT2D eigenvalue weighted by molar-refractivity contribution is -0.136. The van der Waals surface area contributed by atoms with E-state index in [-0.39, 0.29) is 18.2 Å². The number of piperidine rings is 1. The summed E-state index contributed by atoms with van der Waals surface area (Å²) in [5.74, 6) is 0.601. The van der Waals surface area contributed by atoms with Crippen LogP contribution in [0.25, 0.3) is 10.9 Å². The predicted molar refractivity (Wildman–Crippen MR) is 134 cm³/mol. The minimum Gasteiger partial charge on any atom is -0.493 e. The van der Waals surface area contributed by atoms with E-state index in [1.165, 1.54) is 4.90 Å². The maximum Gasteiger partial charge on any atom is 0.255 e. The van der Waals surface area contributed by atoms with E-state index in [0.717, 1.165) is 47.2 Å². The number of imide groups is 1. The Kier molecular flexibility index (Phi) is 6.84. The molecule has 8 nitrogen and oxygen atoms in total. The van der Waals surface area contributed by atoms with Gasteiger partial charge in [-0.15, -0.1) is 0 Å². The van der Waals surface area contributed by atoms with Crippen molar-refractivity contribution in [1.82, 2.24) is 15.2 Å². The van der Waals surface area contributed by atoms with E-state index >= 15 is 0 Å². The van der Waals surface area contributed by atoms with Crippen molar-refractivity contribution in [3.8, 4) is 11.5 Å². The molecule has 2 aliphatic rings. The number of nitrogens with one attached hydrogen (secondary N) is 1. The molecule has 2 aromatic carbocycles. The zero-order valence-corrected chi connectivity index (χ0v) is 20.3. The van der Waals surface area contributed by atoms with E-state index in [4.69, 9.17) is 9.47 Å². The number of fused-ring (bicyclic) bond motifs is 2. The first-order chi connectivity index (χ1) is 17.5. The highest BCUT2D eigenvalue weighted by Gasteiger charge is 2.40. The van der Waals surface area contributed by atoms with Crippen molar-refractivity contribution in [2.45, 2.75) is 51.6 Å². The number of unbranched alkanes of at least 4 members (excludes halogenated alkanes) is 1. The number of carbonyl (C=O) groups excluding carboxylic acids is 3. The number of ether oxygens (including phenoxy) is 2. The number of aryl methyl sites for hydroxylation is 1. The number of rotatable bonds is 9. The molecule has 3 heterocycles. The second-order valence-electron chi connectivity index (χ2n) is 9.07. The van der Waals surface area contributed by atoms with Gasteiger partial charge in [-0.05, 0) is 49.9 Å². The monoisotopic (exact) mass is 487 g/mol. The van der Waals surface area contributed by atoms with Crippen LogP contribution in [0.4, 0.5) is 0 Å². The number of nitrogens with zero attached hydrogens (tertiary/aromatic N) is 2. The summed E-state index contributed by atoms with van der Waals surface area (Å²) in [6.07, 6.45) is 3.02. The van der Waals surface area contributed by atoms with Crippen molar-refractivity contribution < 1.29 is 23.9 Å². The van der Waals surface area contributed by atoms with Crippen LogP contribution in [0.2, 0.25) is 0 Å². The van der Waals surface area contributed by atoms with Gasteiger partial charge in [-0.3, -0.25) is 24.7 Å². The second-order valence-corrected chi connectivity index (χ2v) is 9.07. The number of carbonyl (C=O) groups is 3. The van der Waals surface area contributed by atoms with Crippen LogP contribution in [-0.2, 0) is 22.6 Å². The van der Waals surface area contributed by atoms with Gasteiger partial charge in [0, 0.05) is 34.7 Å². The lowest BCUT2D eigenvalue weighted by Gasteiger charge is -2.29. The molecule has 2 aliphatic heterocycles. The zero-order valence-electron chi connectivity index (χ0n) is 20.3. The lowest BCUT2D eigenvalue weighted by Crippen LogP contribution is -2.52. The first kappa shape index (κ1) is 23.8. The summed E-state index contributed by atoms with van der Waals surface area (Å²) in [4.78, 5) is 42.9. The highest BCUT2D eigenvalue weighted by atomic mass is 16.5. The molecule has 0 saturated carbocycles. The summed E-state index contributed by atoms with van der Waals surface area (Å²) < 4.78 is 12.1. The van der Waals surface area contributed by atoms with Crippen LogP contribution in [-0.4, -0.2) is 46.9 Å². The molecular weight excluding hydrogens is 458 g/mol. The maximum atomic E-state index is 12.9. The Balaban J connectivity index is 1.15. The van der Waals surface area contributed by atoms with Crippen LogP contribution in [0.15, 0.2) is 48.5 Å². The molecule has 5 rings (SSSR count). The molecule has 1 fully saturated rings. The SMILES string of the molecule is CCc1cc(OCCCCOc2cccc3c2CN(C2CCC(=O)NC2=O)C3=O)c2ccccc2n1. The number of para-hydroxylation sites is 1. The predicted octanol–water partition coefficient (Wildman–Crippen LogP) is 3.80. The molecule has 186 valence electrons. The normalized spacial score (nSPS) is 17.3. The highest BCUT2D eigenvalue weighted by molar-refractivity contribution is 6.05. The summed E-state index contributed by atoms with van der Waals surface area (Å²) in [5, 5.41) is 3.34. The van der Waals surface area contributed by atoms with Gasteiger partial charge in [-0.1, -0.05) is 25.1 Å². The van der Waals surface area contributed by atoms with Gasteiger partial charge in [0.2, 0.25) is 11.8 Å². The minimum absolute atomic E-state index is 0.200. The molecular formula is C28H29N3O5. The van der Waals surface area contributed by atoms with E-state index in [1.54, 1.807) is 12.1 Å². The van der Waals surface area contributed by atoms with Gasteiger partial charge in [-0.25, -0.2) is 0 Å². The molecule has 36 heavy (non-hydrogen) atoms. The van der Waals surface area contributed by atoms with E-state index in [2.05, 4.69) is 17.2 Å². The van der Waals surface area contributed by atoms with Crippen molar-refractivity contribution in [3.05, 3.63) is 65.4 Å². The Bertz CT molecular complexity index is 1320. The lowest BCUT2D eigenvalue weighted by atomic mass is 10.0. The molecule has 0 spiro atoms. The Morgan fingerprint density at radius 2 is 1.78 bits per heavy atom. The Labute approximate surface area is 209 Å². The molecule has 0 bridgehead atoms. The Morgan fingerprint density at radius 3 is 2.56 bits per heavy atom. The molecule has 3 amide bonds. The summed E-state index contributed by atoms with van der Waals surface area (Å²) in [6, 6.07) is 14.8. The average Bonchev–Trinajstić information content (AvgIpc) is 3.22. The smallest absolute Gasteiger partial charge is 0.255 e. The van der Waals surface area contributed by atoms with Crippen molar-refractivity contribution in [2.75, 3.05) is 13.2 Å². The average molecular weight is 488 g/mol. The van der Waals surface area contributed by atoms with E-state index < -0.39 is 11.9 Å². The Morgan fingerprint density at radius 1 is 1.00 bits per heavy atom. The number of amides is 3. The standard InChI is InChI=1S/C28H29N3O5/c1-2-18-16-25(20-8-3-4-10-22(20)29-18)36-15-6-5-14-35-24-11-7-9-19-21(24)17-31(28(19)34)23-12-13-26(32)30-27(23)33/h3-4,7-11,16,23H,2,5-6,12-15,17H2,1H3,(H,30,32,33). The molecule has 0 radical (unpaired) electrons. The van der Waals surface area contributed by atoms with Crippen molar-refractivity contribution >= 4 is 28.6 Å². The number of hydrogen-bond acceptors (Lipinski definition) is 6. The van der Waals surface area contributed by atoms with Gasteiger partial charge in [0.05, 0.1) is 25.3 Å². The summed E-state index contributed by atoms with van der Waals surface area (Å²) >= 11 is 0.